The Kier molecular flexibility index (Phi) is 5.02. The number of hydrogen-bond acceptors (Lipinski definition) is 5. The third-order valence-electron chi connectivity index (χ3n) is 6.56. The Morgan fingerprint density at radius 2 is 1.83 bits per heavy atom. The summed E-state index contributed by atoms with van der Waals surface area (Å²) in [6, 6.07) is 3.56. The van der Waals surface area contributed by atoms with Gasteiger partial charge < -0.3 is 19.1 Å². The Morgan fingerprint density at radius 1 is 1.03 bits per heavy atom. The lowest BCUT2D eigenvalue weighted by molar-refractivity contribution is -0.180. The van der Waals surface area contributed by atoms with Gasteiger partial charge in [0.1, 0.15) is 11.4 Å². The first kappa shape index (κ1) is 19.2. The van der Waals surface area contributed by atoms with Crippen molar-refractivity contribution in [1.82, 2.24) is 24.3 Å². The highest BCUT2D eigenvalue weighted by molar-refractivity contribution is 5.94. The highest BCUT2D eigenvalue weighted by atomic mass is 16.5. The van der Waals surface area contributed by atoms with Crippen molar-refractivity contribution in [3.05, 3.63) is 48.3 Å². The molecule has 0 N–H and O–H groups in total. The lowest BCUT2D eigenvalue weighted by Crippen LogP contribution is -2.55. The Morgan fingerprint density at radius 3 is 2.57 bits per heavy atom. The van der Waals surface area contributed by atoms with Crippen molar-refractivity contribution in [2.75, 3.05) is 26.2 Å². The van der Waals surface area contributed by atoms with Gasteiger partial charge in [0.15, 0.2) is 6.10 Å². The van der Waals surface area contributed by atoms with Gasteiger partial charge in [-0.2, -0.15) is 0 Å². The van der Waals surface area contributed by atoms with Crippen LogP contribution in [0, 0.1) is 0 Å². The summed E-state index contributed by atoms with van der Waals surface area (Å²) >= 11 is 0. The SMILES string of the molecule is O=C(c1cccnc1)N1CCC2(CC1)OC(C(=O)N1CCCCC1)Cn1ccnc12. The maximum atomic E-state index is 13.2. The van der Waals surface area contributed by atoms with E-state index >= 15 is 0 Å². The van der Waals surface area contributed by atoms with E-state index in [0.29, 0.717) is 38.0 Å². The molecule has 2 fully saturated rings. The topological polar surface area (TPSA) is 80.6 Å². The van der Waals surface area contributed by atoms with E-state index in [9.17, 15) is 9.59 Å². The maximum absolute atomic E-state index is 13.2. The van der Waals surface area contributed by atoms with E-state index in [0.717, 1.165) is 31.8 Å². The van der Waals surface area contributed by atoms with Gasteiger partial charge >= 0.3 is 0 Å². The first-order chi connectivity index (χ1) is 14.7. The molecule has 8 nitrogen and oxygen atoms in total. The van der Waals surface area contributed by atoms with Gasteiger partial charge in [-0.25, -0.2) is 4.98 Å². The summed E-state index contributed by atoms with van der Waals surface area (Å²) in [6.45, 7) is 3.26. The van der Waals surface area contributed by atoms with E-state index < -0.39 is 11.7 Å². The molecule has 3 aliphatic rings. The summed E-state index contributed by atoms with van der Waals surface area (Å²) in [5.74, 6) is 0.944. The Hall–Kier alpha value is -2.74. The number of imidazole rings is 1. The van der Waals surface area contributed by atoms with Crippen molar-refractivity contribution in [2.24, 2.45) is 0 Å². The van der Waals surface area contributed by atoms with Gasteiger partial charge in [-0.3, -0.25) is 14.6 Å². The number of rotatable bonds is 2. The van der Waals surface area contributed by atoms with Crippen molar-refractivity contribution in [2.45, 2.75) is 50.4 Å². The molecule has 0 radical (unpaired) electrons. The number of carbonyl (C=O) groups is 2. The first-order valence-corrected chi connectivity index (χ1v) is 10.8. The fourth-order valence-electron chi connectivity index (χ4n) is 4.93. The number of ether oxygens (including phenoxy) is 1. The molecule has 158 valence electrons. The molecule has 0 bridgehead atoms. The molecule has 5 rings (SSSR count). The second kappa shape index (κ2) is 7.83. The first-order valence-electron chi connectivity index (χ1n) is 10.8. The van der Waals surface area contributed by atoms with Crippen LogP contribution in [0.3, 0.4) is 0 Å². The molecular formula is C22H27N5O3. The van der Waals surface area contributed by atoms with E-state index in [2.05, 4.69) is 14.5 Å². The molecule has 0 aliphatic carbocycles. The molecule has 2 aromatic rings. The van der Waals surface area contributed by atoms with Crippen molar-refractivity contribution in [3.63, 3.8) is 0 Å². The quantitative estimate of drug-likeness (QED) is 0.756. The van der Waals surface area contributed by atoms with E-state index in [4.69, 9.17) is 4.74 Å². The summed E-state index contributed by atoms with van der Waals surface area (Å²) in [6.07, 6.45) is 11.0. The van der Waals surface area contributed by atoms with Gasteiger partial charge in [-0.15, -0.1) is 0 Å². The normalized spacial score (nSPS) is 23.3. The molecule has 1 spiro atoms. The number of aromatic nitrogens is 3. The molecular weight excluding hydrogens is 382 g/mol. The lowest BCUT2D eigenvalue weighted by Gasteiger charge is -2.46. The maximum Gasteiger partial charge on any atom is 0.255 e. The Labute approximate surface area is 175 Å². The van der Waals surface area contributed by atoms with E-state index in [1.54, 1.807) is 30.7 Å². The number of carbonyl (C=O) groups excluding carboxylic acids is 2. The summed E-state index contributed by atoms with van der Waals surface area (Å²) in [5, 5.41) is 0. The number of pyridine rings is 1. The number of nitrogens with zero attached hydrogens (tertiary/aromatic N) is 5. The minimum absolute atomic E-state index is 0.0157. The molecule has 0 aromatic carbocycles. The molecule has 30 heavy (non-hydrogen) atoms. The Balaban J connectivity index is 1.33. The van der Waals surface area contributed by atoms with Crippen LogP contribution >= 0.6 is 0 Å². The zero-order chi connectivity index (χ0) is 20.6. The van der Waals surface area contributed by atoms with Gasteiger partial charge in [0.2, 0.25) is 0 Å². The third-order valence-corrected chi connectivity index (χ3v) is 6.56. The van der Waals surface area contributed by atoms with Crippen LogP contribution < -0.4 is 0 Å². The van der Waals surface area contributed by atoms with Gasteiger partial charge in [0, 0.05) is 63.8 Å². The largest absolute Gasteiger partial charge is 0.352 e. The molecule has 2 amide bonds. The minimum Gasteiger partial charge on any atom is -0.352 e. The smallest absolute Gasteiger partial charge is 0.255 e. The number of piperidine rings is 2. The van der Waals surface area contributed by atoms with Crippen LogP contribution in [0.4, 0.5) is 0 Å². The predicted octanol–water partition coefficient (Wildman–Crippen LogP) is 1.82. The highest BCUT2D eigenvalue weighted by Gasteiger charge is 2.48. The molecule has 0 saturated carbocycles. The zero-order valence-electron chi connectivity index (χ0n) is 17.1. The van der Waals surface area contributed by atoms with Crippen molar-refractivity contribution in [3.8, 4) is 0 Å². The monoisotopic (exact) mass is 409 g/mol. The van der Waals surface area contributed by atoms with Gasteiger partial charge in [0.25, 0.3) is 11.8 Å². The van der Waals surface area contributed by atoms with Gasteiger partial charge in [-0.1, -0.05) is 0 Å². The lowest BCUT2D eigenvalue weighted by atomic mass is 9.88. The van der Waals surface area contributed by atoms with E-state index in [-0.39, 0.29) is 11.8 Å². The molecule has 8 heteroatoms. The number of likely N-dealkylation sites (tertiary alicyclic amines) is 2. The minimum atomic E-state index is -0.621. The zero-order valence-corrected chi connectivity index (χ0v) is 17.1. The summed E-state index contributed by atoms with van der Waals surface area (Å²) in [7, 11) is 0. The van der Waals surface area contributed by atoms with E-state index in [1.807, 2.05) is 16.0 Å². The molecule has 2 aromatic heterocycles. The summed E-state index contributed by atoms with van der Waals surface area (Å²) in [4.78, 5) is 38.4. The van der Waals surface area contributed by atoms with Crippen LogP contribution in [0.1, 0.15) is 48.3 Å². The average molecular weight is 409 g/mol. The molecule has 5 heterocycles. The van der Waals surface area contributed by atoms with Crippen LogP contribution in [0.15, 0.2) is 36.9 Å². The standard InChI is InChI=1S/C22H27N5O3/c28-19(17-5-4-8-23-15-17)26-12-6-22(7-13-26)21-24-9-14-27(21)16-18(30-22)20(29)25-10-2-1-3-11-25/h4-5,8-9,14-15,18H,1-3,6-7,10-13,16H2. The van der Waals surface area contributed by atoms with Crippen LogP contribution in [0.25, 0.3) is 0 Å². The van der Waals surface area contributed by atoms with Crippen molar-refractivity contribution < 1.29 is 14.3 Å². The van der Waals surface area contributed by atoms with Gasteiger partial charge in [0.05, 0.1) is 12.1 Å². The van der Waals surface area contributed by atoms with Crippen molar-refractivity contribution >= 4 is 11.8 Å². The van der Waals surface area contributed by atoms with Gasteiger partial charge in [-0.05, 0) is 31.4 Å². The predicted molar refractivity (Wildman–Crippen MR) is 109 cm³/mol. The number of fused-ring (bicyclic) bond motifs is 2. The van der Waals surface area contributed by atoms with E-state index in [1.165, 1.54) is 6.42 Å². The molecule has 3 aliphatic heterocycles. The number of hydrogen-bond donors (Lipinski definition) is 0. The van der Waals surface area contributed by atoms with Crippen LogP contribution in [-0.2, 0) is 21.7 Å². The number of amides is 2. The second-order valence-corrected chi connectivity index (χ2v) is 8.42. The van der Waals surface area contributed by atoms with Crippen LogP contribution in [-0.4, -0.2) is 68.4 Å². The summed E-state index contributed by atoms with van der Waals surface area (Å²) in [5.41, 5.74) is -0.0264. The fourth-order valence-corrected chi connectivity index (χ4v) is 4.93. The molecule has 1 atom stereocenters. The highest BCUT2D eigenvalue weighted by Crippen LogP contribution is 2.40. The third kappa shape index (κ3) is 3.39. The molecule has 2 saturated heterocycles. The summed E-state index contributed by atoms with van der Waals surface area (Å²) < 4.78 is 8.59. The van der Waals surface area contributed by atoms with Crippen molar-refractivity contribution in [1.29, 1.82) is 0 Å². The average Bonchev–Trinajstić information content (AvgIpc) is 3.30. The Bertz CT molecular complexity index is 914. The van der Waals surface area contributed by atoms with Crippen LogP contribution in [0.5, 0.6) is 0 Å². The molecule has 1 unspecified atom stereocenters. The second-order valence-electron chi connectivity index (χ2n) is 8.42. The van der Waals surface area contributed by atoms with Crippen LogP contribution in [0.2, 0.25) is 0 Å². The fraction of sp³-hybridized carbons (Fsp3) is 0.545.